The van der Waals surface area contributed by atoms with Crippen LogP contribution < -0.4 is 10.1 Å². The Labute approximate surface area is 180 Å². The van der Waals surface area contributed by atoms with E-state index in [0.717, 1.165) is 16.5 Å². The number of halogens is 1. The summed E-state index contributed by atoms with van der Waals surface area (Å²) in [5.41, 5.74) is 0.484. The van der Waals surface area contributed by atoms with Crippen LogP contribution in [0.5, 0.6) is 5.75 Å². The predicted molar refractivity (Wildman–Crippen MR) is 114 cm³/mol. The van der Waals surface area contributed by atoms with Gasteiger partial charge in [-0.05, 0) is 51.2 Å². The summed E-state index contributed by atoms with van der Waals surface area (Å²) in [6.45, 7) is 4.89. The molecule has 0 heterocycles. The van der Waals surface area contributed by atoms with E-state index < -0.39 is 11.5 Å². The number of hydrogen-bond donors (Lipinski definition) is 1. The highest BCUT2D eigenvalue weighted by atomic mass is 79.9. The summed E-state index contributed by atoms with van der Waals surface area (Å²) in [5.74, 6) is 5.93. The first-order valence-electron chi connectivity index (χ1n) is 9.65. The number of benzene rings is 1. The zero-order valence-electron chi connectivity index (χ0n) is 17.4. The zero-order chi connectivity index (χ0) is 21.4. The van der Waals surface area contributed by atoms with E-state index in [0.29, 0.717) is 37.4 Å². The van der Waals surface area contributed by atoms with Gasteiger partial charge in [0.05, 0.1) is 20.6 Å². The second kappa shape index (κ2) is 10.7. The first kappa shape index (κ1) is 23.2. The average molecular weight is 466 g/mol. The Hall–Kier alpha value is -2.04. The highest BCUT2D eigenvalue weighted by Crippen LogP contribution is 2.36. The summed E-state index contributed by atoms with van der Waals surface area (Å²) >= 11 is 3.51. The van der Waals surface area contributed by atoms with Crippen LogP contribution in [0.3, 0.4) is 0 Å². The van der Waals surface area contributed by atoms with Crippen LogP contribution in [0.1, 0.15) is 44.2 Å². The van der Waals surface area contributed by atoms with Crippen molar-refractivity contribution < 1.29 is 23.8 Å². The highest BCUT2D eigenvalue weighted by Gasteiger charge is 2.47. The van der Waals surface area contributed by atoms with Crippen molar-refractivity contribution in [1.29, 1.82) is 0 Å². The normalized spacial score (nSPS) is 20.5. The van der Waals surface area contributed by atoms with Gasteiger partial charge in [-0.2, -0.15) is 0 Å². The van der Waals surface area contributed by atoms with Gasteiger partial charge in [0.2, 0.25) is 5.91 Å². The third-order valence-corrected chi connectivity index (χ3v) is 5.82. The van der Waals surface area contributed by atoms with Gasteiger partial charge in [0, 0.05) is 28.8 Å². The van der Waals surface area contributed by atoms with Crippen LogP contribution in [0.25, 0.3) is 0 Å². The minimum atomic E-state index is -1.01. The van der Waals surface area contributed by atoms with Gasteiger partial charge in [-0.1, -0.05) is 21.9 Å². The van der Waals surface area contributed by atoms with Gasteiger partial charge in [-0.3, -0.25) is 4.79 Å². The van der Waals surface area contributed by atoms with Gasteiger partial charge in [0.15, 0.2) is 0 Å². The first-order valence-corrected chi connectivity index (χ1v) is 10.4. The molecule has 1 fully saturated rings. The molecule has 2 rings (SSSR count). The SMILES string of the molecule is CC#Cc1cc(Br)c(CC(=O)NC2(C(=O)OC)CCC(COCC)C2)c(OC)c1. The van der Waals surface area contributed by atoms with Crippen LogP contribution >= 0.6 is 15.9 Å². The van der Waals surface area contributed by atoms with E-state index in [1.807, 2.05) is 13.0 Å². The molecule has 1 N–H and O–H groups in total. The average Bonchev–Trinajstić information content (AvgIpc) is 3.11. The van der Waals surface area contributed by atoms with Crippen LogP contribution in [-0.2, 0) is 25.5 Å². The van der Waals surface area contributed by atoms with Crippen LogP contribution in [-0.4, -0.2) is 44.8 Å². The lowest BCUT2D eigenvalue weighted by molar-refractivity contribution is -0.150. The number of carbonyl (C=O) groups excluding carboxylic acids is 2. The monoisotopic (exact) mass is 465 g/mol. The van der Waals surface area contributed by atoms with Gasteiger partial charge >= 0.3 is 5.97 Å². The lowest BCUT2D eigenvalue weighted by atomic mass is 9.95. The van der Waals surface area contributed by atoms with Gasteiger partial charge in [-0.15, -0.1) is 5.92 Å². The molecule has 1 aromatic carbocycles. The third kappa shape index (κ3) is 5.74. The summed E-state index contributed by atoms with van der Waals surface area (Å²) in [4.78, 5) is 25.4. The van der Waals surface area contributed by atoms with E-state index in [2.05, 4.69) is 33.1 Å². The van der Waals surface area contributed by atoms with Crippen LogP contribution in [0.2, 0.25) is 0 Å². The molecule has 0 spiro atoms. The van der Waals surface area contributed by atoms with Gasteiger partial charge in [0.25, 0.3) is 0 Å². The molecule has 0 aromatic heterocycles. The number of rotatable bonds is 8. The molecule has 1 aliphatic rings. The Morgan fingerprint density at radius 2 is 2.10 bits per heavy atom. The molecular formula is C22H28BrNO5. The van der Waals surface area contributed by atoms with Crippen molar-refractivity contribution in [2.75, 3.05) is 27.4 Å². The fourth-order valence-corrected chi connectivity index (χ4v) is 4.35. The summed E-state index contributed by atoms with van der Waals surface area (Å²) < 4.78 is 16.7. The summed E-state index contributed by atoms with van der Waals surface area (Å²) in [7, 11) is 2.90. The van der Waals surface area contributed by atoms with E-state index in [4.69, 9.17) is 14.2 Å². The molecule has 0 saturated heterocycles. The maximum absolute atomic E-state index is 12.9. The number of amides is 1. The standard InChI is InChI=1S/C22H28BrNO5/c1-5-7-15-10-18(23)17(19(11-15)27-3)12-20(25)24-22(21(26)28-4)9-8-16(13-22)14-29-6-2/h10-11,16H,6,8-9,12-14H2,1-4H3,(H,24,25). The number of esters is 1. The summed E-state index contributed by atoms with van der Waals surface area (Å²) in [6.07, 6.45) is 1.91. The van der Waals surface area contributed by atoms with Crippen molar-refractivity contribution in [3.05, 3.63) is 27.7 Å². The molecule has 0 aliphatic heterocycles. The second-order valence-electron chi connectivity index (χ2n) is 7.08. The molecule has 1 aromatic rings. The van der Waals surface area contributed by atoms with Gasteiger partial charge in [-0.25, -0.2) is 4.79 Å². The maximum Gasteiger partial charge on any atom is 0.331 e. The third-order valence-electron chi connectivity index (χ3n) is 5.11. The van der Waals surface area contributed by atoms with Gasteiger partial charge in [0.1, 0.15) is 11.3 Å². The molecule has 158 valence electrons. The smallest absolute Gasteiger partial charge is 0.331 e. The van der Waals surface area contributed by atoms with E-state index in [9.17, 15) is 9.59 Å². The molecule has 1 saturated carbocycles. The lowest BCUT2D eigenvalue weighted by Crippen LogP contribution is -2.54. The minimum absolute atomic E-state index is 0.0679. The molecule has 6 nitrogen and oxygen atoms in total. The second-order valence-corrected chi connectivity index (χ2v) is 7.94. The van der Waals surface area contributed by atoms with E-state index in [1.165, 1.54) is 7.11 Å². The number of ether oxygens (including phenoxy) is 3. The molecule has 1 aliphatic carbocycles. The fraction of sp³-hybridized carbons (Fsp3) is 0.545. The number of hydrogen-bond acceptors (Lipinski definition) is 5. The van der Waals surface area contributed by atoms with E-state index in [-0.39, 0.29) is 18.2 Å². The molecule has 29 heavy (non-hydrogen) atoms. The summed E-state index contributed by atoms with van der Waals surface area (Å²) in [6, 6.07) is 3.65. The van der Waals surface area contributed by atoms with E-state index >= 15 is 0 Å². The fourth-order valence-electron chi connectivity index (χ4n) is 3.77. The Kier molecular flexibility index (Phi) is 8.54. The number of methoxy groups -OCH3 is 2. The highest BCUT2D eigenvalue weighted by molar-refractivity contribution is 9.10. The molecule has 1 amide bonds. The minimum Gasteiger partial charge on any atom is -0.496 e. The maximum atomic E-state index is 12.9. The Balaban J connectivity index is 2.19. The van der Waals surface area contributed by atoms with Crippen molar-refractivity contribution in [2.24, 2.45) is 5.92 Å². The molecule has 0 radical (unpaired) electrons. The predicted octanol–water partition coefficient (Wildman–Crippen LogP) is 3.24. The Morgan fingerprint density at radius 1 is 1.34 bits per heavy atom. The lowest BCUT2D eigenvalue weighted by Gasteiger charge is -2.28. The molecule has 2 atom stereocenters. The number of nitrogens with one attached hydrogen (secondary N) is 1. The van der Waals surface area contributed by atoms with E-state index in [1.54, 1.807) is 20.1 Å². The Bertz CT molecular complexity index is 813. The van der Waals surface area contributed by atoms with Crippen LogP contribution in [0.4, 0.5) is 0 Å². The van der Waals surface area contributed by atoms with Crippen LogP contribution in [0.15, 0.2) is 16.6 Å². The number of carbonyl (C=O) groups is 2. The molecular weight excluding hydrogens is 438 g/mol. The first-order chi connectivity index (χ1) is 13.9. The summed E-state index contributed by atoms with van der Waals surface area (Å²) in [5, 5.41) is 2.94. The van der Waals surface area contributed by atoms with Crippen molar-refractivity contribution >= 4 is 27.8 Å². The van der Waals surface area contributed by atoms with Crippen molar-refractivity contribution in [3.63, 3.8) is 0 Å². The molecule has 7 heteroatoms. The largest absolute Gasteiger partial charge is 0.496 e. The Morgan fingerprint density at radius 3 is 2.72 bits per heavy atom. The molecule has 0 bridgehead atoms. The molecule has 2 unspecified atom stereocenters. The van der Waals surface area contributed by atoms with Crippen LogP contribution in [0, 0.1) is 17.8 Å². The zero-order valence-corrected chi connectivity index (χ0v) is 19.0. The van der Waals surface area contributed by atoms with Crippen molar-refractivity contribution in [1.82, 2.24) is 5.32 Å². The topological polar surface area (TPSA) is 73.9 Å². The van der Waals surface area contributed by atoms with Crippen molar-refractivity contribution in [3.8, 4) is 17.6 Å². The quantitative estimate of drug-likeness (QED) is 0.471. The van der Waals surface area contributed by atoms with Crippen molar-refractivity contribution in [2.45, 2.75) is 45.1 Å². The van der Waals surface area contributed by atoms with Gasteiger partial charge < -0.3 is 19.5 Å².